The summed E-state index contributed by atoms with van der Waals surface area (Å²) in [6.45, 7) is 10.1. The standard InChI is InChI=1S/2C10H20O2S.2C8H17.Sn/c2*1-2-3-4-5-6-7-8-12-10(11)9-13;2*1-3-5-7-8-6-4-2;/h2*13H,2-9H2,1H3;2*1,3-8H2,2H3;/q;;;;+2/p-2. The molecule has 43 heavy (non-hydrogen) atoms. The molecule has 0 aliphatic rings. The van der Waals surface area contributed by atoms with Gasteiger partial charge in [0.1, 0.15) is 0 Å². The number of carbonyl (C=O) groups is 2. The van der Waals surface area contributed by atoms with Crippen molar-refractivity contribution < 1.29 is 19.1 Å². The molecule has 0 spiro atoms. The number of unbranched alkanes of at least 4 members (excludes halogenated alkanes) is 20. The summed E-state index contributed by atoms with van der Waals surface area (Å²) in [5.74, 6) is 0.850. The molecule has 0 amide bonds. The van der Waals surface area contributed by atoms with Gasteiger partial charge < -0.3 is 0 Å². The van der Waals surface area contributed by atoms with Crippen LogP contribution in [0.5, 0.6) is 0 Å². The molecule has 7 heteroatoms. The average Bonchev–Trinajstić information content (AvgIpc) is 3.01. The molecule has 0 aromatic rings. The number of esters is 2. The van der Waals surface area contributed by atoms with Crippen molar-refractivity contribution in [3.63, 3.8) is 0 Å². The van der Waals surface area contributed by atoms with Crippen molar-refractivity contribution in [2.24, 2.45) is 0 Å². The second kappa shape index (κ2) is 33.8. The van der Waals surface area contributed by atoms with Crippen molar-refractivity contribution in [2.75, 3.05) is 24.7 Å². The predicted octanol–water partition coefficient (Wildman–Crippen LogP) is 12.4. The van der Waals surface area contributed by atoms with E-state index in [1.54, 1.807) is 0 Å². The summed E-state index contributed by atoms with van der Waals surface area (Å²) in [6.07, 6.45) is 29.9. The molecule has 0 heterocycles. The summed E-state index contributed by atoms with van der Waals surface area (Å²) in [4.78, 5) is 25.6. The van der Waals surface area contributed by atoms with Crippen molar-refractivity contribution >= 4 is 45.4 Å². The number of carbonyl (C=O) groups excluding carboxylic acids is 2. The first-order chi connectivity index (χ1) is 21.0. The number of rotatable bonds is 34. The van der Waals surface area contributed by atoms with E-state index in [2.05, 4.69) is 27.7 Å². The molecule has 256 valence electrons. The van der Waals surface area contributed by atoms with Crippen LogP contribution in [0.4, 0.5) is 0 Å². The van der Waals surface area contributed by atoms with Gasteiger partial charge in [0.25, 0.3) is 0 Å². The molecule has 0 N–H and O–H groups in total. The quantitative estimate of drug-likeness (QED) is 0.0371. The van der Waals surface area contributed by atoms with Gasteiger partial charge in [-0.25, -0.2) is 0 Å². The molecule has 0 atom stereocenters. The Bertz CT molecular complexity index is 568. The van der Waals surface area contributed by atoms with Crippen LogP contribution in [0.1, 0.15) is 182 Å². The van der Waals surface area contributed by atoms with E-state index in [4.69, 9.17) is 9.47 Å². The zero-order chi connectivity index (χ0) is 31.7. The predicted molar refractivity (Wildman–Crippen MR) is 196 cm³/mol. The van der Waals surface area contributed by atoms with E-state index in [-0.39, 0.29) is 11.9 Å². The Labute approximate surface area is 278 Å². The molecule has 0 radical (unpaired) electrons. The van der Waals surface area contributed by atoms with Crippen LogP contribution in [0.25, 0.3) is 0 Å². The van der Waals surface area contributed by atoms with E-state index in [9.17, 15) is 9.59 Å². The second-order valence-electron chi connectivity index (χ2n) is 12.5. The molecule has 0 bridgehead atoms. The van der Waals surface area contributed by atoms with E-state index in [0.29, 0.717) is 24.7 Å². The molecule has 0 saturated carbocycles. The minimum absolute atomic E-state index is 0.0447. The number of hydrogen-bond acceptors (Lipinski definition) is 6. The minimum atomic E-state index is -2.90. The monoisotopic (exact) mass is 752 g/mol. The number of ether oxygens (including phenoxy) is 2. The van der Waals surface area contributed by atoms with Crippen molar-refractivity contribution in [1.29, 1.82) is 0 Å². The maximum absolute atomic E-state index is 12.8. The maximum atomic E-state index is 12.8. The van der Waals surface area contributed by atoms with Crippen molar-refractivity contribution in [3.8, 4) is 0 Å². The van der Waals surface area contributed by atoms with Crippen LogP contribution in [-0.2, 0) is 19.1 Å². The molecule has 0 unspecified atom stereocenters. The SMILES string of the molecule is CCCCCCCCOC(=O)C[S][Sn]([CH2]CCCCCCC)([CH2]CCCCCCC)[S]CC(=O)OCCCCCCCC. The Hall–Kier alpha value is 0.439. The first kappa shape index (κ1) is 43.4. The van der Waals surface area contributed by atoms with E-state index in [0.717, 1.165) is 25.7 Å². The van der Waals surface area contributed by atoms with Gasteiger partial charge in [0.15, 0.2) is 0 Å². The molecular formula is C36H72O4S2Sn. The van der Waals surface area contributed by atoms with Crippen LogP contribution in [0.15, 0.2) is 0 Å². The Kier molecular flexibility index (Phi) is 34.1. The molecule has 0 saturated heterocycles. The third kappa shape index (κ3) is 29.6. The fourth-order valence-corrected chi connectivity index (χ4v) is 32.3. The van der Waals surface area contributed by atoms with Crippen LogP contribution in [0.3, 0.4) is 0 Å². The van der Waals surface area contributed by atoms with Gasteiger partial charge in [0.05, 0.1) is 0 Å². The zero-order valence-electron chi connectivity index (χ0n) is 29.2. The van der Waals surface area contributed by atoms with Gasteiger partial charge in [-0.1, -0.05) is 0 Å². The normalized spacial score (nSPS) is 11.6. The third-order valence-corrected chi connectivity index (χ3v) is 38.1. The van der Waals surface area contributed by atoms with Gasteiger partial charge in [0, 0.05) is 0 Å². The van der Waals surface area contributed by atoms with Crippen LogP contribution in [-0.4, -0.2) is 52.3 Å². The zero-order valence-corrected chi connectivity index (χ0v) is 33.6. The fourth-order valence-electron chi connectivity index (χ4n) is 5.41. The van der Waals surface area contributed by atoms with Crippen molar-refractivity contribution in [1.82, 2.24) is 0 Å². The van der Waals surface area contributed by atoms with E-state index in [1.165, 1.54) is 137 Å². The second-order valence-corrected chi connectivity index (χ2v) is 38.9. The van der Waals surface area contributed by atoms with Crippen LogP contribution in [0, 0.1) is 0 Å². The van der Waals surface area contributed by atoms with Gasteiger partial charge in [-0.05, 0) is 0 Å². The molecule has 0 aliphatic carbocycles. The van der Waals surface area contributed by atoms with Gasteiger partial charge >= 0.3 is 280 Å². The summed E-state index contributed by atoms with van der Waals surface area (Å²) >= 11 is -2.90. The summed E-state index contributed by atoms with van der Waals surface area (Å²) in [5.41, 5.74) is 0. The molecular weight excluding hydrogens is 679 g/mol. The summed E-state index contributed by atoms with van der Waals surface area (Å²) in [7, 11) is 3.92. The van der Waals surface area contributed by atoms with E-state index in [1.807, 2.05) is 17.9 Å². The Morgan fingerprint density at radius 3 is 1.02 bits per heavy atom. The van der Waals surface area contributed by atoms with Gasteiger partial charge in [-0.2, -0.15) is 0 Å². The Morgan fingerprint density at radius 2 is 0.698 bits per heavy atom. The van der Waals surface area contributed by atoms with Gasteiger partial charge in [-0.3, -0.25) is 0 Å². The van der Waals surface area contributed by atoms with Crippen LogP contribution >= 0.6 is 17.9 Å². The average molecular weight is 752 g/mol. The number of hydrogen-bond donors (Lipinski definition) is 0. The first-order valence-electron chi connectivity index (χ1n) is 18.6. The third-order valence-electron chi connectivity index (χ3n) is 8.25. The molecule has 0 rings (SSSR count). The molecule has 0 fully saturated rings. The summed E-state index contributed by atoms with van der Waals surface area (Å²) < 4.78 is 13.9. The molecule has 4 nitrogen and oxygen atoms in total. The van der Waals surface area contributed by atoms with E-state index < -0.39 is 15.6 Å². The van der Waals surface area contributed by atoms with Gasteiger partial charge in [-0.15, -0.1) is 0 Å². The van der Waals surface area contributed by atoms with E-state index >= 15 is 0 Å². The summed E-state index contributed by atoms with van der Waals surface area (Å²) in [5, 5.41) is 0. The van der Waals surface area contributed by atoms with Crippen LogP contribution < -0.4 is 0 Å². The molecule has 0 aliphatic heterocycles. The van der Waals surface area contributed by atoms with Crippen molar-refractivity contribution in [3.05, 3.63) is 0 Å². The fraction of sp³-hybridized carbons (Fsp3) is 0.944. The van der Waals surface area contributed by atoms with Crippen molar-refractivity contribution in [2.45, 2.75) is 191 Å². The molecule has 0 aromatic carbocycles. The van der Waals surface area contributed by atoms with Crippen LogP contribution in [0.2, 0.25) is 8.87 Å². The Morgan fingerprint density at radius 1 is 0.419 bits per heavy atom. The first-order valence-corrected chi connectivity index (χ1v) is 31.6. The molecule has 0 aromatic heterocycles. The Balaban J connectivity index is 5.05. The summed E-state index contributed by atoms with van der Waals surface area (Å²) in [6, 6.07) is 0. The topological polar surface area (TPSA) is 52.6 Å². The van der Waals surface area contributed by atoms with Gasteiger partial charge in [0.2, 0.25) is 0 Å².